The van der Waals surface area contributed by atoms with Gasteiger partial charge in [0, 0.05) is 49.5 Å². The summed E-state index contributed by atoms with van der Waals surface area (Å²) in [6.07, 6.45) is 0.472. The molecule has 2 amide bonds. The summed E-state index contributed by atoms with van der Waals surface area (Å²) in [5.41, 5.74) is 3.06. The molecule has 0 bridgehead atoms. The highest BCUT2D eigenvalue weighted by Crippen LogP contribution is 2.32. The third-order valence-corrected chi connectivity index (χ3v) is 7.10. The van der Waals surface area contributed by atoms with Gasteiger partial charge in [-0.25, -0.2) is 0 Å². The van der Waals surface area contributed by atoms with Gasteiger partial charge in [0.05, 0.1) is 17.1 Å². The zero-order chi connectivity index (χ0) is 23.4. The summed E-state index contributed by atoms with van der Waals surface area (Å²) in [5.74, 6) is 1.13. The van der Waals surface area contributed by atoms with Crippen molar-refractivity contribution in [2.75, 3.05) is 31.3 Å². The van der Waals surface area contributed by atoms with Crippen molar-refractivity contribution in [3.05, 3.63) is 65.0 Å². The van der Waals surface area contributed by atoms with Crippen molar-refractivity contribution in [3.8, 4) is 0 Å². The largest absolute Gasteiger partial charge is 0.447 e. The van der Waals surface area contributed by atoms with Gasteiger partial charge >= 0.3 is 5.97 Å². The van der Waals surface area contributed by atoms with Crippen LogP contribution < -0.4 is 0 Å². The second-order valence-electron chi connectivity index (χ2n) is 8.49. The number of carbonyl (C=O) groups is 3. The Balaban J connectivity index is 1.48. The Morgan fingerprint density at radius 3 is 2.39 bits per heavy atom. The molecule has 174 valence electrons. The predicted molar refractivity (Wildman–Crippen MR) is 127 cm³/mol. The molecule has 2 aromatic rings. The van der Waals surface area contributed by atoms with E-state index in [1.54, 1.807) is 28.8 Å². The molecule has 1 aromatic carbocycles. The molecule has 2 fully saturated rings. The van der Waals surface area contributed by atoms with E-state index in [2.05, 4.69) is 0 Å². The molecule has 4 rings (SSSR count). The second kappa shape index (κ2) is 10.4. The van der Waals surface area contributed by atoms with E-state index in [1.807, 2.05) is 42.2 Å². The first-order valence-corrected chi connectivity index (χ1v) is 12.4. The van der Waals surface area contributed by atoms with Gasteiger partial charge < -0.3 is 14.5 Å². The Morgan fingerprint density at radius 2 is 1.76 bits per heavy atom. The molecule has 0 spiro atoms. The van der Waals surface area contributed by atoms with Gasteiger partial charge in [-0.05, 0) is 31.9 Å². The molecule has 0 N–H and O–H groups in total. The fraction of sp³-hybridized carbons (Fsp3) is 0.440. The number of benzene rings is 1. The highest BCUT2D eigenvalue weighted by molar-refractivity contribution is 7.99. The van der Waals surface area contributed by atoms with Crippen LogP contribution in [0.2, 0.25) is 0 Å². The number of esters is 1. The minimum atomic E-state index is -0.942. The smallest absolute Gasteiger partial charge is 0.303 e. The van der Waals surface area contributed by atoms with Gasteiger partial charge in [0.1, 0.15) is 0 Å². The Hall–Kier alpha value is -2.87. The van der Waals surface area contributed by atoms with Crippen molar-refractivity contribution in [2.24, 2.45) is 0 Å². The summed E-state index contributed by atoms with van der Waals surface area (Å²) in [6, 6.07) is 12.9. The molecule has 3 heterocycles. The minimum Gasteiger partial charge on any atom is -0.447 e. The van der Waals surface area contributed by atoms with Crippen LogP contribution in [0, 0.1) is 6.92 Å². The zero-order valence-electron chi connectivity index (χ0n) is 19.0. The van der Waals surface area contributed by atoms with Crippen molar-refractivity contribution < 1.29 is 19.1 Å². The number of nitrogens with zero attached hydrogens (tertiary/aromatic N) is 3. The summed E-state index contributed by atoms with van der Waals surface area (Å²) in [5, 5.41) is 0. The van der Waals surface area contributed by atoms with Gasteiger partial charge in [-0.15, -0.1) is 11.8 Å². The number of amides is 2. The molecule has 8 heteroatoms. The van der Waals surface area contributed by atoms with E-state index in [0.29, 0.717) is 37.1 Å². The van der Waals surface area contributed by atoms with Crippen molar-refractivity contribution in [1.82, 2.24) is 14.8 Å². The Labute approximate surface area is 198 Å². The van der Waals surface area contributed by atoms with Crippen LogP contribution in [0.5, 0.6) is 0 Å². The standard InChI is InChI=1S/C25H29N3O4S/c1-17-8-9-21(24(30)28-14-15-33-16-28)22(26-17)19-10-12-27(13-11-19)25(31)23(32-18(2)29)20-6-4-3-5-7-20/h3-9,19,23H,10-16H2,1-2H3. The first kappa shape index (κ1) is 23.3. The quantitative estimate of drug-likeness (QED) is 0.626. The van der Waals surface area contributed by atoms with Crippen LogP contribution >= 0.6 is 11.8 Å². The van der Waals surface area contributed by atoms with Gasteiger partial charge in [0.2, 0.25) is 6.10 Å². The predicted octanol–water partition coefficient (Wildman–Crippen LogP) is 3.55. The topological polar surface area (TPSA) is 79.8 Å². The van der Waals surface area contributed by atoms with Gasteiger partial charge in [-0.2, -0.15) is 0 Å². The number of ether oxygens (including phenoxy) is 1. The molecule has 2 aliphatic heterocycles. The monoisotopic (exact) mass is 467 g/mol. The summed E-state index contributed by atoms with van der Waals surface area (Å²) in [6.45, 7) is 5.07. The molecular weight excluding hydrogens is 438 g/mol. The Kier molecular flexibility index (Phi) is 7.33. The number of aryl methyl sites for hydroxylation is 1. The van der Waals surface area contributed by atoms with E-state index in [-0.39, 0.29) is 17.7 Å². The number of hydrogen-bond acceptors (Lipinski definition) is 6. The average molecular weight is 468 g/mol. The van der Waals surface area contributed by atoms with Crippen molar-refractivity contribution in [1.29, 1.82) is 0 Å². The normalized spacial score (nSPS) is 17.6. The maximum Gasteiger partial charge on any atom is 0.303 e. The van der Waals surface area contributed by atoms with Crippen molar-refractivity contribution in [2.45, 2.75) is 38.7 Å². The van der Waals surface area contributed by atoms with Crippen molar-refractivity contribution >= 4 is 29.5 Å². The first-order chi connectivity index (χ1) is 15.9. The fourth-order valence-corrected chi connectivity index (χ4v) is 5.35. The van der Waals surface area contributed by atoms with Gasteiger partial charge in [-0.1, -0.05) is 30.3 Å². The zero-order valence-corrected chi connectivity index (χ0v) is 19.8. The lowest BCUT2D eigenvalue weighted by atomic mass is 9.89. The molecule has 0 aliphatic carbocycles. The first-order valence-electron chi connectivity index (χ1n) is 11.3. The number of hydrogen-bond donors (Lipinski definition) is 0. The van der Waals surface area contributed by atoms with E-state index in [9.17, 15) is 14.4 Å². The molecule has 1 atom stereocenters. The molecule has 1 unspecified atom stereocenters. The SMILES string of the molecule is CC(=O)OC(C(=O)N1CCC(c2nc(C)ccc2C(=O)N2CCSC2)CC1)c1ccccc1. The molecule has 2 aliphatic rings. The minimum absolute atomic E-state index is 0.0417. The van der Waals surface area contributed by atoms with E-state index in [1.165, 1.54) is 6.92 Å². The van der Waals surface area contributed by atoms with E-state index < -0.39 is 12.1 Å². The van der Waals surface area contributed by atoms with Crippen LogP contribution in [-0.2, 0) is 14.3 Å². The van der Waals surface area contributed by atoms with E-state index >= 15 is 0 Å². The number of pyridine rings is 1. The van der Waals surface area contributed by atoms with Gasteiger partial charge in [0.25, 0.3) is 11.8 Å². The van der Waals surface area contributed by atoms with Gasteiger partial charge in [-0.3, -0.25) is 19.4 Å². The highest BCUT2D eigenvalue weighted by Gasteiger charge is 2.34. The maximum absolute atomic E-state index is 13.3. The second-order valence-corrected chi connectivity index (χ2v) is 9.57. The summed E-state index contributed by atoms with van der Waals surface area (Å²) >= 11 is 1.76. The number of thioether (sulfide) groups is 1. The average Bonchev–Trinajstić information content (AvgIpc) is 3.37. The maximum atomic E-state index is 13.3. The number of carbonyl (C=O) groups excluding carboxylic acids is 3. The Morgan fingerprint density at radius 1 is 1.03 bits per heavy atom. The summed E-state index contributed by atoms with van der Waals surface area (Å²) in [7, 11) is 0. The third kappa shape index (κ3) is 5.38. The van der Waals surface area contributed by atoms with Crippen molar-refractivity contribution in [3.63, 3.8) is 0 Å². The van der Waals surface area contributed by atoms with Crippen LogP contribution in [0.4, 0.5) is 0 Å². The molecular formula is C25H29N3O4S. The van der Waals surface area contributed by atoms with E-state index in [4.69, 9.17) is 9.72 Å². The third-order valence-electron chi connectivity index (χ3n) is 6.14. The van der Waals surface area contributed by atoms with Gasteiger partial charge in [0.15, 0.2) is 0 Å². The fourth-order valence-electron chi connectivity index (χ4n) is 4.41. The van der Waals surface area contributed by atoms with Crippen LogP contribution in [0.15, 0.2) is 42.5 Å². The molecule has 2 saturated heterocycles. The molecule has 0 radical (unpaired) electrons. The Bertz CT molecular complexity index is 1020. The molecule has 33 heavy (non-hydrogen) atoms. The lowest BCUT2D eigenvalue weighted by Crippen LogP contribution is -2.42. The van der Waals surface area contributed by atoms with Crippen LogP contribution in [-0.4, -0.2) is 63.8 Å². The van der Waals surface area contributed by atoms with Crippen LogP contribution in [0.1, 0.15) is 59.1 Å². The summed E-state index contributed by atoms with van der Waals surface area (Å²) in [4.78, 5) is 46.4. The van der Waals surface area contributed by atoms with Crippen LogP contribution in [0.3, 0.4) is 0 Å². The number of likely N-dealkylation sites (tertiary alicyclic amines) is 1. The number of rotatable bonds is 5. The number of piperidine rings is 1. The summed E-state index contributed by atoms with van der Waals surface area (Å²) < 4.78 is 5.39. The van der Waals surface area contributed by atoms with Crippen LogP contribution in [0.25, 0.3) is 0 Å². The number of aromatic nitrogens is 1. The van der Waals surface area contributed by atoms with E-state index in [0.717, 1.165) is 29.6 Å². The molecule has 7 nitrogen and oxygen atoms in total. The lowest BCUT2D eigenvalue weighted by Gasteiger charge is -2.34. The lowest BCUT2D eigenvalue weighted by molar-refractivity contribution is -0.159. The highest BCUT2D eigenvalue weighted by atomic mass is 32.2. The molecule has 0 saturated carbocycles. The molecule has 1 aromatic heterocycles.